The van der Waals surface area contributed by atoms with Crippen LogP contribution in [0.5, 0.6) is 0 Å². The Labute approximate surface area is 57.0 Å². The van der Waals surface area contributed by atoms with Gasteiger partial charge in [0.15, 0.2) is 0 Å². The van der Waals surface area contributed by atoms with E-state index in [1.54, 1.807) is 13.2 Å². The Balaban J connectivity index is 3.66. The lowest BCUT2D eigenvalue weighted by atomic mass is 10.2. The zero-order valence-electron chi connectivity index (χ0n) is 6.18. The van der Waals surface area contributed by atoms with Gasteiger partial charge in [-0.3, -0.25) is 0 Å². The molecule has 0 unspecified atom stereocenters. The Morgan fingerprint density at radius 1 is 1.67 bits per heavy atom. The lowest BCUT2D eigenvalue weighted by molar-refractivity contribution is 0.223. The molecular formula is C8H14O. The van der Waals surface area contributed by atoms with Gasteiger partial charge in [0.05, 0.1) is 6.61 Å². The molecule has 1 heteroatoms. The van der Waals surface area contributed by atoms with Crippen molar-refractivity contribution in [3.8, 4) is 0 Å². The number of hydrogen-bond donors (Lipinski definition) is 0. The van der Waals surface area contributed by atoms with Crippen LogP contribution in [-0.4, -0.2) is 13.7 Å². The first-order chi connectivity index (χ1) is 4.35. The van der Waals surface area contributed by atoms with Crippen LogP contribution in [-0.2, 0) is 4.74 Å². The van der Waals surface area contributed by atoms with Crippen molar-refractivity contribution in [2.75, 3.05) is 13.7 Å². The van der Waals surface area contributed by atoms with E-state index in [1.807, 2.05) is 6.08 Å². The minimum atomic E-state index is 0.725. The number of rotatable bonds is 4. The molecule has 0 aliphatic carbocycles. The normalized spacial score (nSPS) is 11.6. The first-order valence-electron chi connectivity index (χ1n) is 3.14. The van der Waals surface area contributed by atoms with E-state index in [9.17, 15) is 0 Å². The van der Waals surface area contributed by atoms with Gasteiger partial charge in [0.25, 0.3) is 0 Å². The highest BCUT2D eigenvalue weighted by atomic mass is 16.5. The summed E-state index contributed by atoms with van der Waals surface area (Å²) in [6.45, 7) is 6.43. The zero-order chi connectivity index (χ0) is 7.11. The minimum absolute atomic E-state index is 0.725. The topological polar surface area (TPSA) is 9.23 Å². The molecule has 52 valence electrons. The highest BCUT2D eigenvalue weighted by molar-refractivity contribution is 5.09. The molecule has 0 aromatic heterocycles. The van der Waals surface area contributed by atoms with Crippen molar-refractivity contribution in [1.29, 1.82) is 0 Å². The van der Waals surface area contributed by atoms with Crippen LogP contribution < -0.4 is 0 Å². The van der Waals surface area contributed by atoms with Crippen molar-refractivity contribution in [3.63, 3.8) is 0 Å². The van der Waals surface area contributed by atoms with Gasteiger partial charge >= 0.3 is 0 Å². The van der Waals surface area contributed by atoms with Crippen molar-refractivity contribution >= 4 is 0 Å². The zero-order valence-corrected chi connectivity index (χ0v) is 6.18. The minimum Gasteiger partial charge on any atom is -0.380 e. The molecule has 0 saturated heterocycles. The molecule has 0 aliphatic rings. The fourth-order valence-electron chi connectivity index (χ4n) is 0.620. The van der Waals surface area contributed by atoms with Crippen LogP contribution in [0.15, 0.2) is 24.3 Å². The molecule has 0 spiro atoms. The molecule has 9 heavy (non-hydrogen) atoms. The van der Waals surface area contributed by atoms with Gasteiger partial charge in [-0.1, -0.05) is 25.7 Å². The van der Waals surface area contributed by atoms with Crippen molar-refractivity contribution in [2.24, 2.45) is 0 Å². The second-order valence-electron chi connectivity index (χ2n) is 1.85. The van der Waals surface area contributed by atoms with Crippen molar-refractivity contribution < 1.29 is 4.74 Å². The van der Waals surface area contributed by atoms with Gasteiger partial charge in [-0.25, -0.2) is 0 Å². The van der Waals surface area contributed by atoms with Crippen molar-refractivity contribution in [3.05, 3.63) is 24.3 Å². The Kier molecular flexibility index (Phi) is 5.23. The van der Waals surface area contributed by atoms with Gasteiger partial charge in [-0.15, -0.1) is 0 Å². The third-order valence-corrected chi connectivity index (χ3v) is 1.14. The lowest BCUT2D eigenvalue weighted by Gasteiger charge is -1.99. The molecule has 0 radical (unpaired) electrons. The number of methoxy groups -OCH3 is 1. The van der Waals surface area contributed by atoms with Crippen molar-refractivity contribution in [2.45, 2.75) is 13.3 Å². The second-order valence-corrected chi connectivity index (χ2v) is 1.85. The predicted molar refractivity (Wildman–Crippen MR) is 40.4 cm³/mol. The molecule has 0 amide bonds. The van der Waals surface area contributed by atoms with E-state index in [2.05, 4.69) is 13.5 Å². The van der Waals surface area contributed by atoms with Gasteiger partial charge < -0.3 is 4.74 Å². The molecule has 0 fully saturated rings. The van der Waals surface area contributed by atoms with E-state index in [-0.39, 0.29) is 0 Å². The van der Waals surface area contributed by atoms with E-state index >= 15 is 0 Å². The van der Waals surface area contributed by atoms with Gasteiger partial charge in [-0.05, 0) is 12.0 Å². The number of hydrogen-bond acceptors (Lipinski definition) is 1. The first-order valence-corrected chi connectivity index (χ1v) is 3.14. The molecule has 0 atom stereocenters. The summed E-state index contributed by atoms with van der Waals surface area (Å²) in [5, 5.41) is 0. The molecule has 0 aromatic rings. The third-order valence-electron chi connectivity index (χ3n) is 1.14. The smallest absolute Gasteiger partial charge is 0.0675 e. The standard InChI is InChI=1S/C8H14O/c1-4-6-8(5-2)7-9-3/h4,6H,1,5,7H2,2-3H3/b8-6+. The summed E-state index contributed by atoms with van der Waals surface area (Å²) in [6, 6.07) is 0. The quantitative estimate of drug-likeness (QED) is 0.524. The SMILES string of the molecule is C=C/C=C(\CC)COC. The maximum absolute atomic E-state index is 4.93. The predicted octanol–water partition coefficient (Wildman–Crippen LogP) is 2.16. The molecular weight excluding hydrogens is 112 g/mol. The summed E-state index contributed by atoms with van der Waals surface area (Å²) in [7, 11) is 1.70. The van der Waals surface area contributed by atoms with Crippen molar-refractivity contribution in [1.82, 2.24) is 0 Å². The first kappa shape index (κ1) is 8.44. The summed E-state index contributed by atoms with van der Waals surface area (Å²) in [5.41, 5.74) is 1.28. The Bertz CT molecular complexity index is 103. The monoisotopic (exact) mass is 126 g/mol. The van der Waals surface area contributed by atoms with E-state index in [0.29, 0.717) is 0 Å². The summed E-state index contributed by atoms with van der Waals surface area (Å²) in [5.74, 6) is 0. The fraction of sp³-hybridized carbons (Fsp3) is 0.500. The average molecular weight is 126 g/mol. The molecule has 0 aliphatic heterocycles. The van der Waals surface area contributed by atoms with E-state index in [4.69, 9.17) is 4.74 Å². The molecule has 0 saturated carbocycles. The van der Waals surface area contributed by atoms with E-state index in [1.165, 1.54) is 5.57 Å². The fourth-order valence-corrected chi connectivity index (χ4v) is 0.620. The van der Waals surface area contributed by atoms with Crippen LogP contribution in [0.2, 0.25) is 0 Å². The second kappa shape index (κ2) is 5.57. The summed E-state index contributed by atoms with van der Waals surface area (Å²) in [6.07, 6.45) is 4.82. The molecule has 0 bridgehead atoms. The van der Waals surface area contributed by atoms with Crippen LogP contribution in [0.1, 0.15) is 13.3 Å². The molecule has 1 nitrogen and oxygen atoms in total. The highest BCUT2D eigenvalue weighted by Crippen LogP contribution is 1.99. The number of allylic oxidation sites excluding steroid dienone is 2. The van der Waals surface area contributed by atoms with Gasteiger partial charge in [0, 0.05) is 7.11 Å². The van der Waals surface area contributed by atoms with Crippen LogP contribution >= 0.6 is 0 Å². The summed E-state index contributed by atoms with van der Waals surface area (Å²) in [4.78, 5) is 0. The summed E-state index contributed by atoms with van der Waals surface area (Å²) < 4.78 is 4.93. The Morgan fingerprint density at radius 2 is 2.33 bits per heavy atom. The molecule has 0 aromatic carbocycles. The van der Waals surface area contributed by atoms with Gasteiger partial charge in [0.2, 0.25) is 0 Å². The average Bonchev–Trinajstić information content (AvgIpc) is 1.88. The van der Waals surface area contributed by atoms with Crippen LogP contribution in [0, 0.1) is 0 Å². The van der Waals surface area contributed by atoms with Crippen LogP contribution in [0.25, 0.3) is 0 Å². The highest BCUT2D eigenvalue weighted by Gasteiger charge is 1.88. The largest absolute Gasteiger partial charge is 0.380 e. The number of ether oxygens (including phenoxy) is 1. The molecule has 0 N–H and O–H groups in total. The van der Waals surface area contributed by atoms with Gasteiger partial charge in [0.1, 0.15) is 0 Å². The van der Waals surface area contributed by atoms with E-state index in [0.717, 1.165) is 13.0 Å². The lowest BCUT2D eigenvalue weighted by Crippen LogP contribution is -1.91. The molecule has 0 heterocycles. The maximum Gasteiger partial charge on any atom is 0.0675 e. The van der Waals surface area contributed by atoms with Crippen LogP contribution in [0.3, 0.4) is 0 Å². The van der Waals surface area contributed by atoms with Gasteiger partial charge in [-0.2, -0.15) is 0 Å². The Hall–Kier alpha value is -0.560. The van der Waals surface area contributed by atoms with Crippen LogP contribution in [0.4, 0.5) is 0 Å². The Morgan fingerprint density at radius 3 is 2.67 bits per heavy atom. The summed E-state index contributed by atoms with van der Waals surface area (Å²) >= 11 is 0. The third kappa shape index (κ3) is 3.98. The molecule has 0 rings (SSSR count). The maximum atomic E-state index is 4.93. The van der Waals surface area contributed by atoms with E-state index < -0.39 is 0 Å².